The molecule has 0 fully saturated rings. The Bertz CT molecular complexity index is 548. The van der Waals surface area contributed by atoms with Crippen LogP contribution in [0.25, 0.3) is 0 Å². The monoisotopic (exact) mass is 285 g/mol. The first kappa shape index (κ1) is 15.7. The van der Waals surface area contributed by atoms with Crippen LogP contribution < -0.4 is 5.32 Å². The van der Waals surface area contributed by atoms with E-state index in [0.717, 1.165) is 31.5 Å². The van der Waals surface area contributed by atoms with Crippen LogP contribution in [-0.2, 0) is 12.8 Å². The van der Waals surface area contributed by atoms with Crippen molar-refractivity contribution in [2.45, 2.75) is 26.7 Å². The van der Waals surface area contributed by atoms with Crippen LogP contribution in [0.4, 0.5) is 4.39 Å². The molecule has 1 unspecified atom stereocenters. The summed E-state index contributed by atoms with van der Waals surface area (Å²) in [6.07, 6.45) is 1.75. The molecule has 2 heteroatoms. The molecule has 2 rings (SSSR count). The topological polar surface area (TPSA) is 12.0 Å². The van der Waals surface area contributed by atoms with Gasteiger partial charge < -0.3 is 5.32 Å². The highest BCUT2D eigenvalue weighted by Crippen LogP contribution is 2.17. The fourth-order valence-corrected chi connectivity index (χ4v) is 2.60. The molecule has 0 aliphatic carbocycles. The highest BCUT2D eigenvalue weighted by atomic mass is 19.1. The van der Waals surface area contributed by atoms with Gasteiger partial charge >= 0.3 is 0 Å². The normalized spacial score (nSPS) is 12.3. The Labute approximate surface area is 127 Å². The Morgan fingerprint density at radius 1 is 1.00 bits per heavy atom. The largest absolute Gasteiger partial charge is 0.317 e. The minimum Gasteiger partial charge on any atom is -0.317 e. The van der Waals surface area contributed by atoms with Gasteiger partial charge in [-0.3, -0.25) is 0 Å². The van der Waals surface area contributed by atoms with Crippen molar-refractivity contribution in [2.24, 2.45) is 5.92 Å². The molecule has 0 radical (unpaired) electrons. The molecule has 1 nitrogen and oxygen atoms in total. The molecule has 0 amide bonds. The van der Waals surface area contributed by atoms with Gasteiger partial charge in [-0.25, -0.2) is 4.39 Å². The second kappa shape index (κ2) is 7.94. The lowest BCUT2D eigenvalue weighted by atomic mass is 9.92. The lowest BCUT2D eigenvalue weighted by Crippen LogP contribution is -2.26. The molecule has 2 aromatic carbocycles. The van der Waals surface area contributed by atoms with E-state index in [1.165, 1.54) is 11.1 Å². The number of rotatable bonds is 7. The SMILES string of the molecule is CCNCC(Cc1ccc(C)cc1)Cc1ccccc1F. The van der Waals surface area contributed by atoms with Gasteiger partial charge in [-0.05, 0) is 56.0 Å². The van der Waals surface area contributed by atoms with Gasteiger partial charge in [-0.2, -0.15) is 0 Å². The van der Waals surface area contributed by atoms with Gasteiger partial charge in [0.2, 0.25) is 0 Å². The van der Waals surface area contributed by atoms with E-state index in [0.29, 0.717) is 5.92 Å². The lowest BCUT2D eigenvalue weighted by Gasteiger charge is -2.18. The van der Waals surface area contributed by atoms with Crippen LogP contribution in [0.1, 0.15) is 23.6 Å². The van der Waals surface area contributed by atoms with E-state index >= 15 is 0 Å². The summed E-state index contributed by atoms with van der Waals surface area (Å²) in [5.74, 6) is 0.312. The average molecular weight is 285 g/mol. The van der Waals surface area contributed by atoms with Crippen molar-refractivity contribution in [1.29, 1.82) is 0 Å². The molecule has 0 aromatic heterocycles. The van der Waals surface area contributed by atoms with Gasteiger partial charge in [0, 0.05) is 0 Å². The number of hydrogen-bond donors (Lipinski definition) is 1. The summed E-state index contributed by atoms with van der Waals surface area (Å²) in [5, 5.41) is 3.40. The summed E-state index contributed by atoms with van der Waals surface area (Å²) in [4.78, 5) is 0. The zero-order valence-electron chi connectivity index (χ0n) is 12.9. The van der Waals surface area contributed by atoms with E-state index in [9.17, 15) is 4.39 Å². The van der Waals surface area contributed by atoms with Gasteiger partial charge in [0.05, 0.1) is 0 Å². The van der Waals surface area contributed by atoms with Crippen LogP contribution in [0.15, 0.2) is 48.5 Å². The minimum atomic E-state index is -0.0945. The second-order valence-corrected chi connectivity index (χ2v) is 5.66. The maximum atomic E-state index is 13.8. The highest BCUT2D eigenvalue weighted by molar-refractivity contribution is 5.23. The molecule has 0 bridgehead atoms. The van der Waals surface area contributed by atoms with Crippen molar-refractivity contribution in [2.75, 3.05) is 13.1 Å². The van der Waals surface area contributed by atoms with Gasteiger partial charge in [0.1, 0.15) is 5.82 Å². The first-order chi connectivity index (χ1) is 10.2. The number of aryl methyl sites for hydroxylation is 1. The summed E-state index contributed by atoms with van der Waals surface area (Å²) in [5.41, 5.74) is 3.41. The van der Waals surface area contributed by atoms with Crippen LogP contribution in [0.2, 0.25) is 0 Å². The molecule has 21 heavy (non-hydrogen) atoms. The molecule has 0 saturated heterocycles. The van der Waals surface area contributed by atoms with Gasteiger partial charge in [0.25, 0.3) is 0 Å². The summed E-state index contributed by atoms with van der Waals surface area (Å²) >= 11 is 0. The van der Waals surface area contributed by atoms with E-state index in [2.05, 4.69) is 43.4 Å². The van der Waals surface area contributed by atoms with Crippen molar-refractivity contribution < 1.29 is 4.39 Å². The fourth-order valence-electron chi connectivity index (χ4n) is 2.60. The van der Waals surface area contributed by atoms with E-state index in [4.69, 9.17) is 0 Å². The van der Waals surface area contributed by atoms with Crippen molar-refractivity contribution >= 4 is 0 Å². The number of nitrogens with one attached hydrogen (secondary N) is 1. The van der Waals surface area contributed by atoms with Crippen LogP contribution in [0.3, 0.4) is 0 Å². The van der Waals surface area contributed by atoms with E-state index < -0.39 is 0 Å². The van der Waals surface area contributed by atoms with E-state index in [1.54, 1.807) is 12.1 Å². The van der Waals surface area contributed by atoms with Gasteiger partial charge in [-0.1, -0.05) is 55.0 Å². The highest BCUT2D eigenvalue weighted by Gasteiger charge is 2.13. The summed E-state index contributed by atoms with van der Waals surface area (Å²) in [6, 6.07) is 15.7. The zero-order chi connectivity index (χ0) is 15.1. The third kappa shape index (κ3) is 4.98. The Balaban J connectivity index is 2.07. The molecular weight excluding hydrogens is 261 g/mol. The van der Waals surface area contributed by atoms with Crippen LogP contribution in [0.5, 0.6) is 0 Å². The predicted molar refractivity (Wildman–Crippen MR) is 87.0 cm³/mol. The van der Waals surface area contributed by atoms with Gasteiger partial charge in [-0.15, -0.1) is 0 Å². The van der Waals surface area contributed by atoms with Crippen LogP contribution in [0, 0.1) is 18.7 Å². The third-order valence-corrected chi connectivity index (χ3v) is 3.79. The molecule has 0 aliphatic heterocycles. The number of halogens is 1. The maximum absolute atomic E-state index is 13.8. The van der Waals surface area contributed by atoms with Crippen LogP contribution in [-0.4, -0.2) is 13.1 Å². The average Bonchev–Trinajstić information content (AvgIpc) is 2.49. The molecule has 0 saturated carbocycles. The standard InChI is InChI=1S/C19H24FN/c1-3-21-14-17(12-16-10-8-15(2)9-11-16)13-18-6-4-5-7-19(18)20/h4-11,17,21H,3,12-14H2,1-2H3. The van der Waals surface area contributed by atoms with E-state index in [1.807, 2.05) is 12.1 Å². The Kier molecular flexibility index (Phi) is 5.94. The molecule has 112 valence electrons. The second-order valence-electron chi connectivity index (χ2n) is 5.66. The third-order valence-electron chi connectivity index (χ3n) is 3.79. The molecular formula is C19H24FN. The number of benzene rings is 2. The first-order valence-electron chi connectivity index (χ1n) is 7.68. The molecule has 0 heterocycles. The predicted octanol–water partition coefficient (Wildman–Crippen LogP) is 4.15. The lowest BCUT2D eigenvalue weighted by molar-refractivity contribution is 0.467. The van der Waals surface area contributed by atoms with Gasteiger partial charge in [0.15, 0.2) is 0 Å². The summed E-state index contributed by atoms with van der Waals surface area (Å²) in [7, 11) is 0. The summed E-state index contributed by atoms with van der Waals surface area (Å²) in [6.45, 7) is 6.06. The maximum Gasteiger partial charge on any atom is 0.126 e. The summed E-state index contributed by atoms with van der Waals surface area (Å²) < 4.78 is 13.8. The molecule has 2 aromatic rings. The van der Waals surface area contributed by atoms with Crippen molar-refractivity contribution in [3.05, 3.63) is 71.0 Å². The minimum absolute atomic E-state index is 0.0945. The van der Waals surface area contributed by atoms with Crippen molar-refractivity contribution in [3.8, 4) is 0 Å². The quantitative estimate of drug-likeness (QED) is 0.806. The zero-order valence-corrected chi connectivity index (χ0v) is 12.9. The molecule has 1 atom stereocenters. The first-order valence-corrected chi connectivity index (χ1v) is 7.68. The fraction of sp³-hybridized carbons (Fsp3) is 0.368. The Morgan fingerprint density at radius 2 is 1.71 bits per heavy atom. The number of hydrogen-bond acceptors (Lipinski definition) is 1. The smallest absolute Gasteiger partial charge is 0.126 e. The Morgan fingerprint density at radius 3 is 2.38 bits per heavy atom. The molecule has 0 spiro atoms. The van der Waals surface area contributed by atoms with Crippen LogP contribution >= 0.6 is 0 Å². The van der Waals surface area contributed by atoms with Crippen molar-refractivity contribution in [3.63, 3.8) is 0 Å². The Hall–Kier alpha value is -1.67. The molecule has 0 aliphatic rings. The molecule has 1 N–H and O–H groups in total. The van der Waals surface area contributed by atoms with E-state index in [-0.39, 0.29) is 5.82 Å². The van der Waals surface area contributed by atoms with Crippen molar-refractivity contribution in [1.82, 2.24) is 5.32 Å².